The predicted molar refractivity (Wildman–Crippen MR) is 130 cm³/mol. The van der Waals surface area contributed by atoms with Gasteiger partial charge in [-0.1, -0.05) is 12.0 Å². The molecule has 2 aromatic heterocycles. The quantitative estimate of drug-likeness (QED) is 0.224. The monoisotopic (exact) mass is 510 g/mol. The molecular formula is C22H28ClFN6O3S. The van der Waals surface area contributed by atoms with Crippen LogP contribution < -0.4 is 14.8 Å². The normalized spacial score (nSPS) is 11.3. The maximum absolute atomic E-state index is 13.8. The Hall–Kier alpha value is -2.76. The summed E-state index contributed by atoms with van der Waals surface area (Å²) in [5.74, 6) is -0.0809. The SMILES string of the molecule is CCN(CCl)CCCOc1nnc(-c2ccc(F)cc2OC)n1-c1nc(C(=O)NC(C)C)cs1. The second kappa shape index (κ2) is 12.1. The second-order valence-electron chi connectivity index (χ2n) is 7.66. The highest BCUT2D eigenvalue weighted by atomic mass is 35.5. The number of amides is 1. The number of benzene rings is 1. The Bertz CT molecular complexity index is 1100. The molecule has 0 atom stereocenters. The van der Waals surface area contributed by atoms with Crippen LogP contribution in [-0.4, -0.2) is 69.4 Å². The van der Waals surface area contributed by atoms with Crippen molar-refractivity contribution in [3.05, 3.63) is 35.1 Å². The van der Waals surface area contributed by atoms with Crippen molar-refractivity contribution in [3.8, 4) is 28.3 Å². The van der Waals surface area contributed by atoms with Gasteiger partial charge < -0.3 is 14.8 Å². The first kappa shape index (κ1) is 25.9. The molecule has 12 heteroatoms. The third kappa shape index (κ3) is 6.22. The zero-order chi connectivity index (χ0) is 24.7. The van der Waals surface area contributed by atoms with E-state index in [1.54, 1.807) is 16.0 Å². The molecule has 9 nitrogen and oxygen atoms in total. The van der Waals surface area contributed by atoms with Crippen LogP contribution in [-0.2, 0) is 0 Å². The minimum absolute atomic E-state index is 0.0267. The molecule has 0 aliphatic rings. The summed E-state index contributed by atoms with van der Waals surface area (Å²) >= 11 is 7.16. The second-order valence-corrected chi connectivity index (χ2v) is 8.74. The van der Waals surface area contributed by atoms with Gasteiger partial charge in [0, 0.05) is 24.0 Å². The van der Waals surface area contributed by atoms with E-state index in [4.69, 9.17) is 21.1 Å². The van der Waals surface area contributed by atoms with Crippen molar-refractivity contribution in [2.24, 2.45) is 0 Å². The number of ether oxygens (including phenoxy) is 2. The van der Waals surface area contributed by atoms with Crippen LogP contribution in [0.25, 0.3) is 16.5 Å². The molecule has 3 aromatic rings. The molecule has 0 saturated heterocycles. The van der Waals surface area contributed by atoms with Crippen LogP contribution in [0.1, 0.15) is 37.7 Å². The number of carbonyl (C=O) groups excluding carboxylic acids is 1. The molecule has 0 bridgehead atoms. The molecule has 1 N–H and O–H groups in total. The van der Waals surface area contributed by atoms with Crippen LogP contribution in [0.15, 0.2) is 23.6 Å². The van der Waals surface area contributed by atoms with Crippen molar-refractivity contribution in [2.75, 3.05) is 32.8 Å². The Morgan fingerprint density at radius 2 is 2.15 bits per heavy atom. The fourth-order valence-electron chi connectivity index (χ4n) is 3.12. The summed E-state index contributed by atoms with van der Waals surface area (Å²) in [6.45, 7) is 7.77. The number of nitrogens with zero attached hydrogens (tertiary/aromatic N) is 5. The first-order chi connectivity index (χ1) is 16.4. The van der Waals surface area contributed by atoms with Crippen LogP contribution >= 0.6 is 22.9 Å². The van der Waals surface area contributed by atoms with Crippen LogP contribution in [0.5, 0.6) is 11.8 Å². The Morgan fingerprint density at radius 3 is 2.82 bits per heavy atom. The lowest BCUT2D eigenvalue weighted by molar-refractivity contribution is 0.0938. The Morgan fingerprint density at radius 1 is 1.35 bits per heavy atom. The average Bonchev–Trinajstić information content (AvgIpc) is 3.46. The first-order valence-corrected chi connectivity index (χ1v) is 12.3. The van der Waals surface area contributed by atoms with Crippen LogP contribution in [0, 0.1) is 5.82 Å². The van der Waals surface area contributed by atoms with Crippen molar-refractivity contribution in [1.82, 2.24) is 30.0 Å². The van der Waals surface area contributed by atoms with E-state index >= 15 is 0 Å². The minimum Gasteiger partial charge on any atom is -0.496 e. The van der Waals surface area contributed by atoms with Gasteiger partial charge in [0.2, 0.25) is 0 Å². The van der Waals surface area contributed by atoms with Gasteiger partial charge in [-0.15, -0.1) is 28.0 Å². The lowest BCUT2D eigenvalue weighted by atomic mass is 10.2. The van der Waals surface area contributed by atoms with Gasteiger partial charge in [0.1, 0.15) is 17.3 Å². The smallest absolute Gasteiger partial charge is 0.323 e. The lowest BCUT2D eigenvalue weighted by Gasteiger charge is -2.16. The molecule has 1 aromatic carbocycles. The van der Waals surface area contributed by atoms with Crippen molar-refractivity contribution in [2.45, 2.75) is 33.2 Å². The van der Waals surface area contributed by atoms with E-state index in [1.165, 1.54) is 30.6 Å². The van der Waals surface area contributed by atoms with Gasteiger partial charge in [-0.05, 0) is 38.9 Å². The van der Waals surface area contributed by atoms with Gasteiger partial charge >= 0.3 is 6.01 Å². The number of nitrogens with one attached hydrogen (secondary N) is 1. The van der Waals surface area contributed by atoms with Gasteiger partial charge in [0.25, 0.3) is 5.91 Å². The topological polar surface area (TPSA) is 94.4 Å². The zero-order valence-corrected chi connectivity index (χ0v) is 21.1. The number of thiazole rings is 1. The molecule has 184 valence electrons. The van der Waals surface area contributed by atoms with Crippen LogP contribution in [0.4, 0.5) is 4.39 Å². The molecule has 2 heterocycles. The number of carbonyl (C=O) groups is 1. The number of alkyl halides is 1. The fourth-order valence-corrected chi connectivity index (χ4v) is 4.21. The predicted octanol–water partition coefficient (Wildman–Crippen LogP) is 3.96. The van der Waals surface area contributed by atoms with Crippen LogP contribution in [0.2, 0.25) is 0 Å². The van der Waals surface area contributed by atoms with Gasteiger partial charge in [-0.3, -0.25) is 9.69 Å². The van der Waals surface area contributed by atoms with Crippen LogP contribution in [0.3, 0.4) is 0 Å². The summed E-state index contributed by atoms with van der Waals surface area (Å²) in [4.78, 5) is 19.0. The molecular weight excluding hydrogens is 483 g/mol. The van der Waals surface area contributed by atoms with Gasteiger partial charge in [0.05, 0.1) is 25.3 Å². The largest absolute Gasteiger partial charge is 0.496 e. The molecule has 0 saturated carbocycles. The Kier molecular flexibility index (Phi) is 9.20. The van der Waals surface area contributed by atoms with Gasteiger partial charge in [-0.2, -0.15) is 0 Å². The molecule has 0 aliphatic carbocycles. The Balaban J connectivity index is 1.95. The van der Waals surface area contributed by atoms with Crippen molar-refractivity contribution in [1.29, 1.82) is 0 Å². The fraction of sp³-hybridized carbons (Fsp3) is 0.455. The van der Waals surface area contributed by atoms with Crippen molar-refractivity contribution >= 4 is 28.8 Å². The van der Waals surface area contributed by atoms with E-state index in [-0.39, 0.29) is 29.4 Å². The average molecular weight is 511 g/mol. The van der Waals surface area contributed by atoms with Crippen molar-refractivity contribution in [3.63, 3.8) is 0 Å². The summed E-state index contributed by atoms with van der Waals surface area (Å²) < 4.78 is 26.7. The highest BCUT2D eigenvalue weighted by Crippen LogP contribution is 2.34. The van der Waals surface area contributed by atoms with E-state index in [1.807, 2.05) is 20.8 Å². The molecule has 3 rings (SSSR count). The number of halogens is 2. The number of rotatable bonds is 12. The third-order valence-corrected chi connectivity index (χ3v) is 6.00. The number of hydrogen-bond acceptors (Lipinski definition) is 8. The number of hydrogen-bond donors (Lipinski definition) is 1. The van der Waals surface area contributed by atoms with Gasteiger partial charge in [0.15, 0.2) is 11.0 Å². The lowest BCUT2D eigenvalue weighted by Crippen LogP contribution is -2.30. The molecule has 34 heavy (non-hydrogen) atoms. The Labute approximate surface area is 206 Å². The summed E-state index contributed by atoms with van der Waals surface area (Å²) in [6, 6.07) is 4.76. The number of methoxy groups -OCH3 is 1. The molecule has 0 spiro atoms. The molecule has 0 unspecified atom stereocenters. The van der Waals surface area contributed by atoms with E-state index in [0.29, 0.717) is 29.1 Å². The molecule has 0 fully saturated rings. The third-order valence-electron chi connectivity index (χ3n) is 4.84. The summed E-state index contributed by atoms with van der Waals surface area (Å²) in [7, 11) is 1.45. The van der Waals surface area contributed by atoms with E-state index in [0.717, 1.165) is 19.5 Å². The first-order valence-electron chi connectivity index (χ1n) is 10.8. The highest BCUT2D eigenvalue weighted by molar-refractivity contribution is 7.12. The van der Waals surface area contributed by atoms with Crippen molar-refractivity contribution < 1.29 is 18.7 Å². The maximum Gasteiger partial charge on any atom is 0.323 e. The highest BCUT2D eigenvalue weighted by Gasteiger charge is 2.23. The summed E-state index contributed by atoms with van der Waals surface area (Å²) in [5.41, 5.74) is 0.778. The summed E-state index contributed by atoms with van der Waals surface area (Å²) in [6.07, 6.45) is 0.725. The minimum atomic E-state index is -0.440. The maximum atomic E-state index is 13.8. The molecule has 1 amide bonds. The van der Waals surface area contributed by atoms with Gasteiger partial charge in [-0.25, -0.2) is 13.9 Å². The standard InChI is InChI=1S/C22H28ClFN6O3S/c1-5-29(13-23)9-6-10-33-21-28-27-19(16-8-7-15(24)11-18(16)32-4)30(21)22-26-17(12-34-22)20(31)25-14(2)3/h7-8,11-12,14H,5-6,9-10,13H2,1-4H3,(H,25,31). The van der Waals surface area contributed by atoms with E-state index in [2.05, 4.69) is 25.4 Å². The summed E-state index contributed by atoms with van der Waals surface area (Å²) in [5, 5.41) is 13.4. The molecule has 0 aliphatic heterocycles. The zero-order valence-electron chi connectivity index (χ0n) is 19.5. The van der Waals surface area contributed by atoms with E-state index in [9.17, 15) is 9.18 Å². The van der Waals surface area contributed by atoms with E-state index < -0.39 is 5.82 Å². The molecule has 0 radical (unpaired) electrons. The number of aromatic nitrogens is 4.